The Kier molecular flexibility index (Phi) is 6.35. The second kappa shape index (κ2) is 8.66. The molecular formula is C20H22F4N4O3. The summed E-state index contributed by atoms with van der Waals surface area (Å²) in [5.74, 6) is -2.46. The van der Waals surface area contributed by atoms with E-state index >= 15 is 0 Å². The lowest BCUT2D eigenvalue weighted by Gasteiger charge is -2.50. The van der Waals surface area contributed by atoms with Crippen LogP contribution >= 0.6 is 0 Å². The number of likely N-dealkylation sites (tertiary alicyclic amines) is 2. The van der Waals surface area contributed by atoms with E-state index in [2.05, 4.69) is 9.88 Å². The fraction of sp³-hybridized carbons (Fsp3) is 0.450. The number of rotatable bonds is 3. The Labute approximate surface area is 175 Å². The zero-order chi connectivity index (χ0) is 22.8. The SMILES string of the molecule is Cn1ccnc1C(=O)N1CCC2(CCN2Cc2ccc(F)cc2)C1.O=C(O)C(F)(F)F. The summed E-state index contributed by atoms with van der Waals surface area (Å²) in [5.41, 5.74) is 1.19. The number of carbonyl (C=O) groups excluding carboxylic acids is 1. The van der Waals surface area contributed by atoms with Crippen LogP contribution in [0.2, 0.25) is 0 Å². The second-order valence-electron chi connectivity index (χ2n) is 7.66. The third-order valence-electron chi connectivity index (χ3n) is 5.68. The summed E-state index contributed by atoms with van der Waals surface area (Å²) in [6, 6.07) is 6.70. The van der Waals surface area contributed by atoms with E-state index in [1.807, 2.05) is 24.1 Å². The van der Waals surface area contributed by atoms with Crippen LogP contribution < -0.4 is 0 Å². The Morgan fingerprint density at radius 2 is 1.77 bits per heavy atom. The number of nitrogens with zero attached hydrogens (tertiary/aromatic N) is 4. The zero-order valence-electron chi connectivity index (χ0n) is 16.8. The Morgan fingerprint density at radius 1 is 1.16 bits per heavy atom. The molecule has 0 radical (unpaired) electrons. The van der Waals surface area contributed by atoms with E-state index in [0.29, 0.717) is 5.82 Å². The van der Waals surface area contributed by atoms with Crippen molar-refractivity contribution in [2.45, 2.75) is 31.1 Å². The highest BCUT2D eigenvalue weighted by molar-refractivity contribution is 5.91. The minimum absolute atomic E-state index is 0.00741. The Morgan fingerprint density at radius 3 is 2.26 bits per heavy atom. The topological polar surface area (TPSA) is 78.7 Å². The molecule has 2 saturated heterocycles. The normalized spacial score (nSPS) is 20.9. The average molecular weight is 442 g/mol. The summed E-state index contributed by atoms with van der Waals surface area (Å²) in [6.45, 7) is 3.36. The molecule has 1 atom stereocenters. The molecule has 1 amide bonds. The van der Waals surface area contributed by atoms with Gasteiger partial charge in [-0.3, -0.25) is 9.69 Å². The predicted molar refractivity (Wildman–Crippen MR) is 102 cm³/mol. The number of carboxylic acid groups (broad SMARTS) is 1. The lowest BCUT2D eigenvalue weighted by atomic mass is 9.83. The highest BCUT2D eigenvalue weighted by atomic mass is 19.4. The smallest absolute Gasteiger partial charge is 0.475 e. The molecule has 3 heterocycles. The Bertz CT molecular complexity index is 945. The van der Waals surface area contributed by atoms with Gasteiger partial charge in [0.1, 0.15) is 5.82 Å². The van der Waals surface area contributed by atoms with Crippen LogP contribution in [0.1, 0.15) is 29.0 Å². The van der Waals surface area contributed by atoms with E-state index in [1.54, 1.807) is 17.0 Å². The molecule has 31 heavy (non-hydrogen) atoms. The van der Waals surface area contributed by atoms with Crippen LogP contribution in [0.4, 0.5) is 17.6 Å². The van der Waals surface area contributed by atoms with Crippen molar-refractivity contribution in [3.8, 4) is 0 Å². The van der Waals surface area contributed by atoms with Gasteiger partial charge in [0.15, 0.2) is 5.82 Å². The quantitative estimate of drug-likeness (QED) is 0.740. The van der Waals surface area contributed by atoms with Gasteiger partial charge in [0.25, 0.3) is 5.91 Å². The first-order chi connectivity index (χ1) is 14.5. The molecule has 2 fully saturated rings. The summed E-state index contributed by atoms with van der Waals surface area (Å²) in [5, 5.41) is 7.12. The molecule has 2 aromatic rings. The molecule has 0 bridgehead atoms. The van der Waals surface area contributed by atoms with E-state index < -0.39 is 12.1 Å². The molecule has 4 rings (SSSR count). The zero-order valence-corrected chi connectivity index (χ0v) is 16.8. The maximum atomic E-state index is 13.1. The van der Waals surface area contributed by atoms with E-state index in [1.165, 1.54) is 12.1 Å². The Balaban J connectivity index is 0.000000339. The monoisotopic (exact) mass is 442 g/mol. The molecule has 0 aliphatic carbocycles. The number of hydrogen-bond acceptors (Lipinski definition) is 4. The minimum atomic E-state index is -5.08. The van der Waals surface area contributed by atoms with Crippen LogP contribution in [0.5, 0.6) is 0 Å². The number of aliphatic carboxylic acids is 1. The summed E-state index contributed by atoms with van der Waals surface area (Å²) >= 11 is 0. The number of halogens is 4. The van der Waals surface area contributed by atoms with Crippen molar-refractivity contribution in [3.05, 3.63) is 53.9 Å². The van der Waals surface area contributed by atoms with Gasteiger partial charge in [-0.1, -0.05) is 12.1 Å². The number of imidazole rings is 1. The van der Waals surface area contributed by atoms with Gasteiger partial charge < -0.3 is 14.6 Å². The predicted octanol–water partition coefficient (Wildman–Crippen LogP) is 2.68. The van der Waals surface area contributed by atoms with Gasteiger partial charge in [-0.25, -0.2) is 14.2 Å². The van der Waals surface area contributed by atoms with Crippen LogP contribution in [-0.4, -0.2) is 67.7 Å². The first-order valence-electron chi connectivity index (χ1n) is 9.58. The van der Waals surface area contributed by atoms with Crippen molar-refractivity contribution in [3.63, 3.8) is 0 Å². The minimum Gasteiger partial charge on any atom is -0.475 e. The number of amides is 1. The van der Waals surface area contributed by atoms with Crippen molar-refractivity contribution in [1.29, 1.82) is 0 Å². The lowest BCUT2D eigenvalue weighted by molar-refractivity contribution is -0.192. The maximum absolute atomic E-state index is 13.1. The molecule has 1 N–H and O–H groups in total. The summed E-state index contributed by atoms with van der Waals surface area (Å²) in [7, 11) is 1.84. The molecule has 1 spiro atoms. The van der Waals surface area contributed by atoms with Gasteiger partial charge >= 0.3 is 12.1 Å². The molecule has 7 nitrogen and oxygen atoms in total. The third-order valence-corrected chi connectivity index (χ3v) is 5.68. The molecule has 1 aromatic carbocycles. The van der Waals surface area contributed by atoms with E-state index in [0.717, 1.165) is 44.6 Å². The van der Waals surface area contributed by atoms with Gasteiger partial charge in [0.2, 0.25) is 0 Å². The second-order valence-corrected chi connectivity index (χ2v) is 7.66. The number of aromatic nitrogens is 2. The van der Waals surface area contributed by atoms with Crippen molar-refractivity contribution in [2.24, 2.45) is 7.05 Å². The number of hydrogen-bond donors (Lipinski definition) is 1. The maximum Gasteiger partial charge on any atom is 0.490 e. The number of aryl methyl sites for hydroxylation is 1. The lowest BCUT2D eigenvalue weighted by Crippen LogP contribution is -2.60. The van der Waals surface area contributed by atoms with Gasteiger partial charge in [-0.15, -0.1) is 0 Å². The summed E-state index contributed by atoms with van der Waals surface area (Å²) in [4.78, 5) is 30.0. The van der Waals surface area contributed by atoms with Crippen molar-refractivity contribution in [2.75, 3.05) is 19.6 Å². The molecule has 11 heteroatoms. The number of carbonyl (C=O) groups is 2. The Hall–Kier alpha value is -2.95. The van der Waals surface area contributed by atoms with E-state index in [4.69, 9.17) is 9.90 Å². The van der Waals surface area contributed by atoms with Crippen molar-refractivity contribution >= 4 is 11.9 Å². The third kappa shape index (κ3) is 5.04. The van der Waals surface area contributed by atoms with Crippen LogP contribution in [0.3, 0.4) is 0 Å². The molecule has 1 unspecified atom stereocenters. The van der Waals surface area contributed by atoms with Gasteiger partial charge in [-0.05, 0) is 30.5 Å². The molecule has 2 aliphatic heterocycles. The standard InChI is InChI=1S/C18H21FN4O.C2HF3O2/c1-21-11-8-20-16(21)17(24)22-9-6-18(13-22)7-10-23(18)12-14-2-4-15(19)5-3-14;3-2(4,5)1(6)7/h2-5,8,11H,6-7,9-10,12-13H2,1H3;(H,6,7). The van der Waals surface area contributed by atoms with E-state index in [-0.39, 0.29) is 17.3 Å². The summed E-state index contributed by atoms with van der Waals surface area (Å²) < 4.78 is 46.6. The number of benzene rings is 1. The van der Waals surface area contributed by atoms with Gasteiger partial charge in [0.05, 0.1) is 0 Å². The first kappa shape index (κ1) is 22.7. The van der Waals surface area contributed by atoms with Crippen LogP contribution in [0.25, 0.3) is 0 Å². The van der Waals surface area contributed by atoms with Crippen molar-refractivity contribution in [1.82, 2.24) is 19.4 Å². The first-order valence-corrected chi connectivity index (χ1v) is 9.58. The molecule has 0 saturated carbocycles. The highest BCUT2D eigenvalue weighted by Gasteiger charge is 2.50. The van der Waals surface area contributed by atoms with Crippen LogP contribution in [0, 0.1) is 5.82 Å². The average Bonchev–Trinajstić information content (AvgIpc) is 3.34. The molecular weight excluding hydrogens is 420 g/mol. The van der Waals surface area contributed by atoms with Crippen LogP contribution in [0.15, 0.2) is 36.7 Å². The van der Waals surface area contributed by atoms with Gasteiger partial charge in [-0.2, -0.15) is 13.2 Å². The fourth-order valence-corrected chi connectivity index (χ4v) is 3.85. The largest absolute Gasteiger partial charge is 0.490 e. The molecule has 1 aromatic heterocycles. The van der Waals surface area contributed by atoms with Crippen molar-refractivity contribution < 1.29 is 32.3 Å². The molecule has 168 valence electrons. The number of alkyl halides is 3. The van der Waals surface area contributed by atoms with E-state index in [9.17, 15) is 22.4 Å². The van der Waals surface area contributed by atoms with Gasteiger partial charge in [0, 0.05) is 51.2 Å². The fourth-order valence-electron chi connectivity index (χ4n) is 3.85. The summed E-state index contributed by atoms with van der Waals surface area (Å²) in [6.07, 6.45) is 0.468. The number of carboxylic acids is 1. The van der Waals surface area contributed by atoms with Crippen LogP contribution in [-0.2, 0) is 18.4 Å². The molecule has 2 aliphatic rings. The highest BCUT2D eigenvalue weighted by Crippen LogP contribution is 2.40.